The van der Waals surface area contributed by atoms with E-state index in [1.54, 1.807) is 0 Å². The van der Waals surface area contributed by atoms with Crippen LogP contribution in [0.4, 0.5) is 18.3 Å². The van der Waals surface area contributed by atoms with E-state index in [9.17, 15) is 18.0 Å². The minimum Gasteiger partial charge on any atom is -0.376 e. The minimum absolute atomic E-state index is 0.0174. The van der Waals surface area contributed by atoms with Gasteiger partial charge in [0.1, 0.15) is 0 Å². The largest absolute Gasteiger partial charge is 0.416 e. The highest BCUT2D eigenvalue weighted by Crippen LogP contribution is 2.35. The number of alkyl halides is 3. The van der Waals surface area contributed by atoms with Crippen LogP contribution in [0.3, 0.4) is 0 Å². The molecule has 8 heteroatoms. The molecule has 2 aromatic carbocycles. The molecule has 1 aliphatic rings. The first-order valence-electron chi connectivity index (χ1n) is 10.2. The molecular formula is C23H23F3N2O2S. The third-order valence-electron chi connectivity index (χ3n) is 5.38. The van der Waals surface area contributed by atoms with Crippen LogP contribution in [0.2, 0.25) is 0 Å². The van der Waals surface area contributed by atoms with Gasteiger partial charge in [-0.2, -0.15) is 13.2 Å². The number of amides is 1. The Balaban J connectivity index is 1.75. The van der Waals surface area contributed by atoms with Crippen molar-refractivity contribution in [2.75, 3.05) is 18.1 Å². The van der Waals surface area contributed by atoms with Gasteiger partial charge < -0.3 is 4.74 Å². The zero-order chi connectivity index (χ0) is 22.2. The number of carbonyl (C=O) groups excluding carboxylic acids is 1. The van der Waals surface area contributed by atoms with Crippen molar-refractivity contribution in [3.8, 4) is 0 Å². The number of hydrogen-bond acceptors (Lipinski definition) is 4. The van der Waals surface area contributed by atoms with Gasteiger partial charge in [-0.05, 0) is 48.6 Å². The van der Waals surface area contributed by atoms with Crippen molar-refractivity contribution in [2.45, 2.75) is 44.9 Å². The molecule has 31 heavy (non-hydrogen) atoms. The van der Waals surface area contributed by atoms with E-state index in [4.69, 9.17) is 9.72 Å². The topological polar surface area (TPSA) is 42.4 Å². The number of aromatic nitrogens is 1. The maximum Gasteiger partial charge on any atom is 0.416 e. The second-order valence-electron chi connectivity index (χ2n) is 7.97. The highest BCUT2D eigenvalue weighted by atomic mass is 32.1. The Hall–Kier alpha value is -2.45. The molecule has 0 radical (unpaired) electrons. The Morgan fingerprint density at radius 3 is 2.71 bits per heavy atom. The van der Waals surface area contributed by atoms with Gasteiger partial charge in [0, 0.05) is 12.2 Å². The van der Waals surface area contributed by atoms with E-state index < -0.39 is 17.6 Å². The van der Waals surface area contributed by atoms with E-state index in [0.717, 1.165) is 40.8 Å². The summed E-state index contributed by atoms with van der Waals surface area (Å²) >= 11 is 1.37. The molecule has 2 heterocycles. The van der Waals surface area contributed by atoms with Crippen LogP contribution in [0, 0.1) is 0 Å². The lowest BCUT2D eigenvalue weighted by atomic mass is 10.0. The molecule has 1 saturated heterocycles. The predicted octanol–water partition coefficient (Wildman–Crippen LogP) is 6.26. The van der Waals surface area contributed by atoms with Crippen molar-refractivity contribution in [3.05, 3.63) is 59.2 Å². The Morgan fingerprint density at radius 2 is 2.03 bits per heavy atom. The molecule has 0 bridgehead atoms. The molecule has 1 unspecified atom stereocenters. The summed E-state index contributed by atoms with van der Waals surface area (Å²) < 4.78 is 46.2. The number of halogens is 3. The highest BCUT2D eigenvalue weighted by molar-refractivity contribution is 7.22. The first kappa shape index (κ1) is 21.8. The van der Waals surface area contributed by atoms with E-state index in [0.29, 0.717) is 11.7 Å². The fourth-order valence-corrected chi connectivity index (χ4v) is 4.77. The summed E-state index contributed by atoms with van der Waals surface area (Å²) in [6.45, 7) is 5.02. The molecular weight excluding hydrogens is 425 g/mol. The quantitative estimate of drug-likeness (QED) is 0.462. The Bertz CT molecular complexity index is 1090. The van der Waals surface area contributed by atoms with Crippen molar-refractivity contribution >= 4 is 32.6 Å². The Kier molecular flexibility index (Phi) is 6.03. The molecule has 1 fully saturated rings. The Labute approximate surface area is 182 Å². The van der Waals surface area contributed by atoms with E-state index in [1.807, 2.05) is 18.2 Å². The number of anilines is 1. The van der Waals surface area contributed by atoms with Gasteiger partial charge in [-0.3, -0.25) is 9.69 Å². The molecule has 3 aromatic rings. The number of carbonyl (C=O) groups is 1. The van der Waals surface area contributed by atoms with Gasteiger partial charge >= 0.3 is 6.18 Å². The molecule has 4 rings (SSSR count). The number of nitrogens with zero attached hydrogens (tertiary/aromatic N) is 2. The van der Waals surface area contributed by atoms with Crippen LogP contribution < -0.4 is 4.90 Å². The van der Waals surface area contributed by atoms with Gasteiger partial charge in [0.25, 0.3) is 5.91 Å². The summed E-state index contributed by atoms with van der Waals surface area (Å²) in [4.78, 5) is 19.6. The van der Waals surface area contributed by atoms with Gasteiger partial charge in [-0.25, -0.2) is 4.98 Å². The maximum absolute atomic E-state index is 13.4. The average molecular weight is 449 g/mol. The van der Waals surface area contributed by atoms with E-state index in [1.165, 1.54) is 28.4 Å². The smallest absolute Gasteiger partial charge is 0.376 e. The van der Waals surface area contributed by atoms with Crippen molar-refractivity contribution < 1.29 is 22.7 Å². The van der Waals surface area contributed by atoms with Gasteiger partial charge in [-0.1, -0.05) is 43.4 Å². The standard InChI is InChI=1S/C23H23F3N2O2S/c1-14(2)18-9-4-10-19-20(18)27-22(31-19)28(13-17-8-5-11-30-17)21(29)15-6-3-7-16(12-15)23(24,25)26/h3-4,6-7,9-10,12,14,17H,5,8,11,13H2,1-2H3. The summed E-state index contributed by atoms with van der Waals surface area (Å²) in [7, 11) is 0. The number of rotatable bonds is 5. The van der Waals surface area contributed by atoms with E-state index in [-0.39, 0.29) is 24.1 Å². The average Bonchev–Trinajstić information content (AvgIpc) is 3.40. The Morgan fingerprint density at radius 1 is 1.26 bits per heavy atom. The molecule has 4 nitrogen and oxygen atoms in total. The molecule has 164 valence electrons. The fourth-order valence-electron chi connectivity index (χ4n) is 3.76. The molecule has 0 N–H and O–H groups in total. The zero-order valence-corrected chi connectivity index (χ0v) is 18.1. The number of para-hydroxylation sites is 1. The summed E-state index contributed by atoms with van der Waals surface area (Å²) in [5, 5.41) is 0.473. The fraction of sp³-hybridized carbons (Fsp3) is 0.391. The van der Waals surface area contributed by atoms with Crippen molar-refractivity contribution in [3.63, 3.8) is 0 Å². The molecule has 1 amide bonds. The van der Waals surface area contributed by atoms with Crippen LogP contribution in [-0.4, -0.2) is 30.1 Å². The van der Waals surface area contributed by atoms with Gasteiger partial charge in [0.2, 0.25) is 0 Å². The summed E-state index contributed by atoms with van der Waals surface area (Å²) in [5.74, 6) is -0.254. The second-order valence-corrected chi connectivity index (χ2v) is 8.98. The number of benzene rings is 2. The lowest BCUT2D eigenvalue weighted by molar-refractivity contribution is -0.137. The summed E-state index contributed by atoms with van der Waals surface area (Å²) in [5.41, 5.74) is 1.04. The van der Waals surface area contributed by atoms with Crippen molar-refractivity contribution in [1.29, 1.82) is 0 Å². The van der Waals surface area contributed by atoms with Crippen LogP contribution in [0.5, 0.6) is 0 Å². The molecule has 1 aliphatic heterocycles. The number of thiazole rings is 1. The third-order valence-corrected chi connectivity index (χ3v) is 6.43. The van der Waals surface area contributed by atoms with Crippen LogP contribution in [0.1, 0.15) is 54.1 Å². The summed E-state index contributed by atoms with van der Waals surface area (Å²) in [6.07, 6.45) is -2.98. The highest BCUT2D eigenvalue weighted by Gasteiger charge is 2.32. The third kappa shape index (κ3) is 4.60. The van der Waals surface area contributed by atoms with Gasteiger partial charge in [-0.15, -0.1) is 0 Å². The molecule has 0 aliphatic carbocycles. The van der Waals surface area contributed by atoms with Crippen molar-refractivity contribution in [2.24, 2.45) is 0 Å². The van der Waals surface area contributed by atoms with Crippen LogP contribution in [0.25, 0.3) is 10.2 Å². The zero-order valence-electron chi connectivity index (χ0n) is 17.3. The molecule has 1 atom stereocenters. The van der Waals surface area contributed by atoms with E-state index >= 15 is 0 Å². The van der Waals surface area contributed by atoms with Crippen molar-refractivity contribution in [1.82, 2.24) is 4.98 Å². The summed E-state index contributed by atoms with van der Waals surface area (Å²) in [6, 6.07) is 10.4. The minimum atomic E-state index is -4.52. The molecule has 1 aromatic heterocycles. The van der Waals surface area contributed by atoms with Crippen LogP contribution in [-0.2, 0) is 10.9 Å². The van der Waals surface area contributed by atoms with Gasteiger partial charge in [0.15, 0.2) is 5.13 Å². The van der Waals surface area contributed by atoms with Gasteiger partial charge in [0.05, 0.1) is 28.4 Å². The second kappa shape index (κ2) is 8.59. The monoisotopic (exact) mass is 448 g/mol. The normalized spacial score (nSPS) is 16.9. The number of hydrogen-bond donors (Lipinski definition) is 0. The molecule has 0 spiro atoms. The first-order valence-corrected chi connectivity index (χ1v) is 11.1. The SMILES string of the molecule is CC(C)c1cccc2sc(N(CC3CCCO3)C(=O)c3cccc(C(F)(F)F)c3)nc12. The number of fused-ring (bicyclic) bond motifs is 1. The lowest BCUT2D eigenvalue weighted by Gasteiger charge is -2.23. The van der Waals surface area contributed by atoms with Crippen LogP contribution >= 0.6 is 11.3 Å². The van der Waals surface area contributed by atoms with Crippen LogP contribution in [0.15, 0.2) is 42.5 Å². The lowest BCUT2D eigenvalue weighted by Crippen LogP contribution is -2.37. The number of ether oxygens (including phenoxy) is 1. The predicted molar refractivity (Wildman–Crippen MR) is 116 cm³/mol. The van der Waals surface area contributed by atoms with E-state index in [2.05, 4.69) is 13.8 Å². The first-order chi connectivity index (χ1) is 14.7. The maximum atomic E-state index is 13.4. The molecule has 0 saturated carbocycles.